The summed E-state index contributed by atoms with van der Waals surface area (Å²) >= 11 is 1.87. The van der Waals surface area contributed by atoms with Gasteiger partial charge in [0.15, 0.2) is 0 Å². The number of nitrogens with zero attached hydrogens (tertiary/aromatic N) is 2. The molecule has 26 heavy (non-hydrogen) atoms. The fourth-order valence-corrected chi connectivity index (χ4v) is 5.54. The molecule has 7 heteroatoms. The Hall–Kier alpha value is -1.89. The van der Waals surface area contributed by atoms with Gasteiger partial charge in [-0.15, -0.1) is 11.8 Å². The molecular weight excluding hydrogens is 350 g/mol. The minimum absolute atomic E-state index is 0.0565. The summed E-state index contributed by atoms with van der Waals surface area (Å²) in [6.45, 7) is 6.27. The van der Waals surface area contributed by atoms with Crippen molar-refractivity contribution in [2.24, 2.45) is 0 Å². The van der Waals surface area contributed by atoms with Crippen molar-refractivity contribution in [2.75, 3.05) is 42.2 Å². The molecule has 3 aliphatic heterocycles. The molecule has 0 spiro atoms. The Morgan fingerprint density at radius 1 is 1.35 bits per heavy atom. The molecule has 4 rings (SSSR count). The summed E-state index contributed by atoms with van der Waals surface area (Å²) in [6, 6.07) is 4.64. The lowest BCUT2D eigenvalue weighted by molar-refractivity contribution is -0.114. The fraction of sp³-hybridized carbons (Fsp3) is 0.579. The second kappa shape index (κ2) is 7.02. The monoisotopic (exact) mass is 375 g/mol. The summed E-state index contributed by atoms with van der Waals surface area (Å²) < 4.78 is 5.22. The molecule has 0 saturated carbocycles. The molecule has 140 valence electrons. The molecule has 0 radical (unpaired) electrons. The summed E-state index contributed by atoms with van der Waals surface area (Å²) in [7, 11) is 0. The molecule has 2 unspecified atom stereocenters. The van der Waals surface area contributed by atoms with Crippen LogP contribution in [0.2, 0.25) is 0 Å². The van der Waals surface area contributed by atoms with Gasteiger partial charge in [-0.25, -0.2) is 4.79 Å². The molecule has 0 aromatic heterocycles. The Bertz CT molecular complexity index is 739. The predicted octanol–water partition coefficient (Wildman–Crippen LogP) is 3.28. The lowest BCUT2D eigenvalue weighted by atomic mass is 9.89. The molecule has 2 amide bonds. The minimum Gasteiger partial charge on any atom is -0.450 e. The summed E-state index contributed by atoms with van der Waals surface area (Å²) in [5.74, 6) is 1.31. The van der Waals surface area contributed by atoms with Crippen LogP contribution >= 0.6 is 11.8 Å². The molecular formula is C19H25N3O3S. The highest BCUT2D eigenvalue weighted by Crippen LogP contribution is 2.51. The van der Waals surface area contributed by atoms with E-state index in [0.717, 1.165) is 37.4 Å². The van der Waals surface area contributed by atoms with Crippen molar-refractivity contribution in [1.82, 2.24) is 4.90 Å². The maximum Gasteiger partial charge on any atom is 0.409 e. The SMILES string of the molecule is CCOC(=O)N1CCC2C(C1)c1cc(NC(C)=O)cc3c1N2CCCS3. The third-order valence-corrected chi connectivity index (χ3v) is 6.53. The number of benzene rings is 1. The zero-order valence-corrected chi connectivity index (χ0v) is 16.1. The van der Waals surface area contributed by atoms with E-state index in [1.54, 1.807) is 0 Å². The van der Waals surface area contributed by atoms with E-state index in [2.05, 4.69) is 22.3 Å². The number of thioether (sulfide) groups is 1. The molecule has 3 aliphatic rings. The maximum atomic E-state index is 12.2. The van der Waals surface area contributed by atoms with E-state index >= 15 is 0 Å². The molecule has 1 aromatic carbocycles. The van der Waals surface area contributed by atoms with Crippen LogP contribution < -0.4 is 10.2 Å². The number of nitrogens with one attached hydrogen (secondary N) is 1. The number of fused-ring (bicyclic) bond motifs is 3. The van der Waals surface area contributed by atoms with Gasteiger partial charge < -0.3 is 19.9 Å². The topological polar surface area (TPSA) is 61.9 Å². The van der Waals surface area contributed by atoms with E-state index in [9.17, 15) is 9.59 Å². The number of carbonyl (C=O) groups is 2. The van der Waals surface area contributed by atoms with E-state index in [-0.39, 0.29) is 17.9 Å². The Balaban J connectivity index is 1.71. The van der Waals surface area contributed by atoms with Crippen LogP contribution in [0.15, 0.2) is 17.0 Å². The van der Waals surface area contributed by atoms with Gasteiger partial charge in [-0.3, -0.25) is 4.79 Å². The van der Waals surface area contributed by atoms with Gasteiger partial charge in [0, 0.05) is 49.1 Å². The third kappa shape index (κ3) is 3.02. The number of amides is 2. The van der Waals surface area contributed by atoms with Crippen molar-refractivity contribution in [3.8, 4) is 0 Å². The van der Waals surface area contributed by atoms with Gasteiger partial charge in [-0.2, -0.15) is 0 Å². The van der Waals surface area contributed by atoms with Crippen molar-refractivity contribution >= 4 is 35.1 Å². The van der Waals surface area contributed by atoms with Gasteiger partial charge in [0.2, 0.25) is 5.91 Å². The lowest BCUT2D eigenvalue weighted by Gasteiger charge is -2.38. The first-order valence-electron chi connectivity index (χ1n) is 9.35. The first kappa shape index (κ1) is 17.5. The van der Waals surface area contributed by atoms with Crippen LogP contribution in [0.1, 0.15) is 38.2 Å². The second-order valence-electron chi connectivity index (χ2n) is 7.10. The largest absolute Gasteiger partial charge is 0.450 e. The molecule has 2 atom stereocenters. The quantitative estimate of drug-likeness (QED) is 0.860. The molecule has 0 aliphatic carbocycles. The number of carbonyl (C=O) groups excluding carboxylic acids is 2. The van der Waals surface area contributed by atoms with E-state index in [1.165, 1.54) is 23.1 Å². The zero-order valence-electron chi connectivity index (χ0n) is 15.3. The predicted molar refractivity (Wildman–Crippen MR) is 103 cm³/mol. The van der Waals surface area contributed by atoms with Gasteiger partial charge in [-0.1, -0.05) is 0 Å². The molecule has 1 aromatic rings. The van der Waals surface area contributed by atoms with E-state index in [0.29, 0.717) is 19.2 Å². The van der Waals surface area contributed by atoms with Crippen LogP contribution in [-0.4, -0.2) is 54.9 Å². The second-order valence-corrected chi connectivity index (χ2v) is 8.23. The molecule has 1 fully saturated rings. The summed E-state index contributed by atoms with van der Waals surface area (Å²) in [6.07, 6.45) is 1.89. The van der Waals surface area contributed by atoms with E-state index in [1.807, 2.05) is 23.6 Å². The number of rotatable bonds is 2. The third-order valence-electron chi connectivity index (χ3n) is 5.42. The maximum absolute atomic E-state index is 12.2. The van der Waals surface area contributed by atoms with Crippen LogP contribution in [0, 0.1) is 0 Å². The van der Waals surface area contributed by atoms with Crippen LogP contribution in [0.3, 0.4) is 0 Å². The van der Waals surface area contributed by atoms with Crippen LogP contribution in [0.4, 0.5) is 16.2 Å². The van der Waals surface area contributed by atoms with Gasteiger partial charge >= 0.3 is 6.09 Å². The number of hydrogen-bond donors (Lipinski definition) is 1. The van der Waals surface area contributed by atoms with Crippen LogP contribution in [0.25, 0.3) is 0 Å². The normalized spacial score (nSPS) is 23.8. The van der Waals surface area contributed by atoms with Crippen molar-refractivity contribution < 1.29 is 14.3 Å². The highest BCUT2D eigenvalue weighted by molar-refractivity contribution is 7.99. The minimum atomic E-state index is -0.217. The first-order valence-corrected chi connectivity index (χ1v) is 10.3. The number of likely N-dealkylation sites (tertiary alicyclic amines) is 1. The lowest BCUT2D eigenvalue weighted by Crippen LogP contribution is -2.48. The summed E-state index contributed by atoms with van der Waals surface area (Å²) in [4.78, 5) is 29.4. The highest BCUT2D eigenvalue weighted by Gasteiger charge is 2.44. The number of anilines is 2. The Morgan fingerprint density at radius 3 is 2.96 bits per heavy atom. The molecule has 0 bridgehead atoms. The Kier molecular flexibility index (Phi) is 4.73. The average Bonchev–Trinajstić information content (AvgIpc) is 2.76. The van der Waals surface area contributed by atoms with Crippen molar-refractivity contribution in [3.05, 3.63) is 17.7 Å². The summed E-state index contributed by atoms with van der Waals surface area (Å²) in [5.41, 5.74) is 3.44. The summed E-state index contributed by atoms with van der Waals surface area (Å²) in [5, 5.41) is 2.94. The number of hydrogen-bond acceptors (Lipinski definition) is 5. The van der Waals surface area contributed by atoms with Crippen LogP contribution in [-0.2, 0) is 9.53 Å². The molecule has 6 nitrogen and oxygen atoms in total. The molecule has 3 heterocycles. The number of ether oxygens (including phenoxy) is 1. The molecule has 1 N–H and O–H groups in total. The van der Waals surface area contributed by atoms with Crippen molar-refractivity contribution in [1.29, 1.82) is 0 Å². The smallest absolute Gasteiger partial charge is 0.409 e. The van der Waals surface area contributed by atoms with Crippen LogP contribution in [0.5, 0.6) is 0 Å². The standard InChI is InChI=1S/C19H25N3O3S/c1-3-25-19(24)21-7-5-16-15(11-21)14-9-13(20-12(2)23)10-17-18(14)22(16)6-4-8-26-17/h9-10,15-16H,3-8,11H2,1-2H3,(H,20,23). The van der Waals surface area contributed by atoms with Gasteiger partial charge in [0.25, 0.3) is 0 Å². The Morgan fingerprint density at radius 2 is 2.19 bits per heavy atom. The van der Waals surface area contributed by atoms with Crippen molar-refractivity contribution in [2.45, 2.75) is 43.5 Å². The Labute approximate surface area is 158 Å². The van der Waals surface area contributed by atoms with E-state index in [4.69, 9.17) is 4.74 Å². The average molecular weight is 375 g/mol. The van der Waals surface area contributed by atoms with Gasteiger partial charge in [0.1, 0.15) is 0 Å². The van der Waals surface area contributed by atoms with Gasteiger partial charge in [-0.05, 0) is 43.2 Å². The molecule has 1 saturated heterocycles. The number of piperidine rings is 1. The van der Waals surface area contributed by atoms with Gasteiger partial charge in [0.05, 0.1) is 12.3 Å². The highest BCUT2D eigenvalue weighted by atomic mass is 32.2. The fourth-order valence-electron chi connectivity index (χ4n) is 4.46. The van der Waals surface area contributed by atoms with Crippen molar-refractivity contribution in [3.63, 3.8) is 0 Å². The zero-order chi connectivity index (χ0) is 18.3. The first-order chi connectivity index (χ1) is 12.6. The van der Waals surface area contributed by atoms with E-state index < -0.39 is 0 Å².